The zero-order chi connectivity index (χ0) is 22.2. The summed E-state index contributed by atoms with van der Waals surface area (Å²) in [5.41, 5.74) is 8.42. The van der Waals surface area contributed by atoms with Crippen LogP contribution >= 0.6 is 12.6 Å². The number of benzene rings is 4. The van der Waals surface area contributed by atoms with Crippen LogP contribution in [0.25, 0.3) is 36.5 Å². The molecular weight excluding hydrogens is 404 g/mol. The van der Waals surface area contributed by atoms with E-state index in [0.29, 0.717) is 0 Å². The zero-order valence-corrected chi connectivity index (χ0v) is 19.0. The second-order valence-electron chi connectivity index (χ2n) is 7.84. The molecule has 0 amide bonds. The molecule has 1 heteroatoms. The molecule has 0 fully saturated rings. The van der Waals surface area contributed by atoms with Gasteiger partial charge in [-0.25, -0.2) is 0 Å². The molecule has 0 nitrogen and oxygen atoms in total. The molecule has 0 aliphatic rings. The van der Waals surface area contributed by atoms with Gasteiger partial charge in [0, 0.05) is 4.90 Å². The minimum atomic E-state index is 0.978. The van der Waals surface area contributed by atoms with Crippen molar-refractivity contribution in [3.05, 3.63) is 136 Å². The molecule has 0 saturated carbocycles. The van der Waals surface area contributed by atoms with Gasteiger partial charge >= 0.3 is 0 Å². The van der Waals surface area contributed by atoms with Gasteiger partial charge in [-0.3, -0.25) is 0 Å². The fourth-order valence-corrected chi connectivity index (χ4v) is 3.43. The molecule has 0 N–H and O–H groups in total. The summed E-state index contributed by atoms with van der Waals surface area (Å²) in [4.78, 5) is 0.978. The third-order valence-electron chi connectivity index (χ3n) is 5.25. The van der Waals surface area contributed by atoms with Gasteiger partial charge in [0.05, 0.1) is 0 Å². The first-order chi connectivity index (χ1) is 15.6. The van der Waals surface area contributed by atoms with Crippen molar-refractivity contribution in [3.8, 4) is 0 Å². The molecule has 0 radical (unpaired) electrons. The van der Waals surface area contributed by atoms with Crippen LogP contribution in [-0.2, 0) is 0 Å². The molecule has 156 valence electrons. The van der Waals surface area contributed by atoms with E-state index in [1.807, 2.05) is 12.1 Å². The number of hydrogen-bond donors (Lipinski definition) is 1. The summed E-state index contributed by atoms with van der Waals surface area (Å²) < 4.78 is 0. The lowest BCUT2D eigenvalue weighted by Crippen LogP contribution is -1.77. The SMILES string of the molecule is Cc1ccc(C=Cc2ccc(C=Cc3ccc(C=Cc4ccc(S)cc4)cc3)cc2)cc1. The molecule has 4 aromatic rings. The van der Waals surface area contributed by atoms with Crippen molar-refractivity contribution in [2.75, 3.05) is 0 Å². The second kappa shape index (κ2) is 10.7. The smallest absolute Gasteiger partial charge is 0.00403 e. The molecule has 0 atom stereocenters. The first kappa shape index (κ1) is 21.7. The Morgan fingerprint density at radius 3 is 0.875 bits per heavy atom. The summed E-state index contributed by atoms with van der Waals surface area (Å²) in [5, 5.41) is 0. The number of thiol groups is 1. The van der Waals surface area contributed by atoms with E-state index in [2.05, 4.69) is 141 Å². The van der Waals surface area contributed by atoms with Crippen LogP contribution < -0.4 is 0 Å². The van der Waals surface area contributed by atoms with Crippen LogP contribution in [0.3, 0.4) is 0 Å². The fourth-order valence-electron chi connectivity index (χ4n) is 3.28. The van der Waals surface area contributed by atoms with E-state index in [9.17, 15) is 0 Å². The van der Waals surface area contributed by atoms with Crippen molar-refractivity contribution in [3.63, 3.8) is 0 Å². The fraction of sp³-hybridized carbons (Fsp3) is 0.0323. The lowest BCUT2D eigenvalue weighted by molar-refractivity contribution is 1.46. The second-order valence-corrected chi connectivity index (χ2v) is 8.35. The lowest BCUT2D eigenvalue weighted by Gasteiger charge is -1.99. The molecule has 32 heavy (non-hydrogen) atoms. The van der Waals surface area contributed by atoms with Crippen LogP contribution in [0, 0.1) is 6.92 Å². The van der Waals surface area contributed by atoms with E-state index in [0.717, 1.165) is 4.90 Å². The standard InChI is InChI=1S/C31H26S/c1-24-2-4-25(5-3-24)6-7-26-8-10-27(11-9-26)12-13-28-14-16-29(17-15-28)18-19-30-20-22-31(32)23-21-30/h2-23,32H,1H3. The van der Waals surface area contributed by atoms with Crippen LogP contribution in [0.15, 0.2) is 102 Å². The average molecular weight is 431 g/mol. The van der Waals surface area contributed by atoms with Crippen molar-refractivity contribution in [1.29, 1.82) is 0 Å². The number of aryl methyl sites for hydroxylation is 1. The minimum Gasteiger partial charge on any atom is -0.143 e. The van der Waals surface area contributed by atoms with E-state index in [-0.39, 0.29) is 0 Å². The Hall–Kier alpha value is -3.55. The molecule has 0 saturated heterocycles. The molecule has 4 aromatic carbocycles. The van der Waals surface area contributed by atoms with Crippen LogP contribution in [0.4, 0.5) is 0 Å². The largest absolute Gasteiger partial charge is 0.143 e. The highest BCUT2D eigenvalue weighted by Gasteiger charge is 1.93. The van der Waals surface area contributed by atoms with Crippen LogP contribution in [-0.4, -0.2) is 0 Å². The van der Waals surface area contributed by atoms with Gasteiger partial charge in [-0.1, -0.05) is 127 Å². The van der Waals surface area contributed by atoms with Gasteiger partial charge in [0.15, 0.2) is 0 Å². The van der Waals surface area contributed by atoms with E-state index in [1.54, 1.807) is 0 Å². The summed E-state index contributed by atoms with van der Waals surface area (Å²) in [6.45, 7) is 2.11. The topological polar surface area (TPSA) is 0 Å². The molecule has 0 unspecified atom stereocenters. The maximum Gasteiger partial charge on any atom is 0.00403 e. The Labute approximate surface area is 196 Å². The molecule has 4 rings (SSSR count). The summed E-state index contributed by atoms with van der Waals surface area (Å²) in [5.74, 6) is 0. The lowest BCUT2D eigenvalue weighted by atomic mass is 10.1. The summed E-state index contributed by atoms with van der Waals surface area (Å²) >= 11 is 4.32. The summed E-state index contributed by atoms with van der Waals surface area (Å²) in [6, 6.07) is 33.9. The van der Waals surface area contributed by atoms with E-state index in [1.165, 1.54) is 38.9 Å². The maximum absolute atomic E-state index is 4.32. The monoisotopic (exact) mass is 430 g/mol. The van der Waals surface area contributed by atoms with Gasteiger partial charge in [-0.05, 0) is 52.4 Å². The minimum absolute atomic E-state index is 0.978. The maximum atomic E-state index is 4.32. The summed E-state index contributed by atoms with van der Waals surface area (Å²) in [7, 11) is 0. The highest BCUT2D eigenvalue weighted by Crippen LogP contribution is 2.15. The molecule has 0 aliphatic heterocycles. The van der Waals surface area contributed by atoms with Crippen LogP contribution in [0.1, 0.15) is 38.9 Å². The van der Waals surface area contributed by atoms with Crippen molar-refractivity contribution >= 4 is 49.1 Å². The van der Waals surface area contributed by atoms with Gasteiger partial charge in [-0.2, -0.15) is 0 Å². The molecule has 0 aliphatic carbocycles. The van der Waals surface area contributed by atoms with Crippen LogP contribution in [0.5, 0.6) is 0 Å². The molecule has 0 spiro atoms. The Morgan fingerprint density at radius 1 is 0.375 bits per heavy atom. The molecule has 0 bridgehead atoms. The van der Waals surface area contributed by atoms with Gasteiger partial charge in [0.25, 0.3) is 0 Å². The number of rotatable bonds is 6. The quantitative estimate of drug-likeness (QED) is 0.229. The van der Waals surface area contributed by atoms with Gasteiger partial charge in [0.2, 0.25) is 0 Å². The Balaban J connectivity index is 1.35. The predicted molar refractivity (Wildman–Crippen MR) is 145 cm³/mol. The highest BCUT2D eigenvalue weighted by atomic mass is 32.1. The Kier molecular flexibility index (Phi) is 7.22. The first-order valence-electron chi connectivity index (χ1n) is 10.7. The van der Waals surface area contributed by atoms with Crippen LogP contribution in [0.2, 0.25) is 0 Å². The molecule has 0 heterocycles. The van der Waals surface area contributed by atoms with Gasteiger partial charge in [-0.15, -0.1) is 12.6 Å². The third kappa shape index (κ3) is 6.47. The van der Waals surface area contributed by atoms with Gasteiger partial charge in [0.1, 0.15) is 0 Å². The van der Waals surface area contributed by atoms with E-state index < -0.39 is 0 Å². The normalized spacial score (nSPS) is 11.7. The molecular formula is C31H26S. The average Bonchev–Trinajstić information content (AvgIpc) is 2.83. The number of hydrogen-bond acceptors (Lipinski definition) is 1. The highest BCUT2D eigenvalue weighted by molar-refractivity contribution is 7.80. The van der Waals surface area contributed by atoms with E-state index >= 15 is 0 Å². The van der Waals surface area contributed by atoms with E-state index in [4.69, 9.17) is 0 Å². The van der Waals surface area contributed by atoms with Crippen molar-refractivity contribution < 1.29 is 0 Å². The zero-order valence-electron chi connectivity index (χ0n) is 18.1. The first-order valence-corrected chi connectivity index (χ1v) is 11.2. The van der Waals surface area contributed by atoms with Crippen molar-refractivity contribution in [2.45, 2.75) is 11.8 Å². The molecule has 0 aromatic heterocycles. The summed E-state index contributed by atoms with van der Waals surface area (Å²) in [6.07, 6.45) is 12.8. The van der Waals surface area contributed by atoms with Crippen molar-refractivity contribution in [1.82, 2.24) is 0 Å². The van der Waals surface area contributed by atoms with Gasteiger partial charge < -0.3 is 0 Å². The third-order valence-corrected chi connectivity index (χ3v) is 5.55. The predicted octanol–water partition coefficient (Wildman–Crippen LogP) is 8.79. The Bertz CT molecular complexity index is 1120. The van der Waals surface area contributed by atoms with Crippen molar-refractivity contribution in [2.24, 2.45) is 0 Å². The Morgan fingerprint density at radius 2 is 0.594 bits per heavy atom.